The summed E-state index contributed by atoms with van der Waals surface area (Å²) < 4.78 is 28.1. The maximum Gasteiger partial charge on any atom is 0.243 e. The number of aryl methyl sites for hydroxylation is 1. The van der Waals surface area contributed by atoms with Gasteiger partial charge >= 0.3 is 0 Å². The first-order valence-corrected chi connectivity index (χ1v) is 10.5. The lowest BCUT2D eigenvalue weighted by molar-refractivity contribution is 0.181. The highest BCUT2D eigenvalue weighted by atomic mass is 32.2. The van der Waals surface area contributed by atoms with Gasteiger partial charge in [-0.05, 0) is 48.4 Å². The van der Waals surface area contributed by atoms with Crippen molar-refractivity contribution in [3.63, 3.8) is 0 Å². The van der Waals surface area contributed by atoms with Gasteiger partial charge in [-0.3, -0.25) is 14.9 Å². The number of hydrogen-bond donors (Lipinski definition) is 0. The van der Waals surface area contributed by atoms with E-state index in [9.17, 15) is 8.42 Å². The van der Waals surface area contributed by atoms with Gasteiger partial charge in [0, 0.05) is 56.7 Å². The summed E-state index contributed by atoms with van der Waals surface area (Å²) in [4.78, 5) is 11.0. The summed E-state index contributed by atoms with van der Waals surface area (Å²) in [6.45, 7) is 5.16. The molecule has 0 saturated carbocycles. The topological polar surface area (TPSA) is 66.4 Å². The molecule has 3 heterocycles. The van der Waals surface area contributed by atoms with Crippen LogP contribution in [0.25, 0.3) is 10.9 Å². The van der Waals surface area contributed by atoms with Crippen molar-refractivity contribution in [3.05, 3.63) is 66.1 Å². The second kappa shape index (κ2) is 7.34. The van der Waals surface area contributed by atoms with E-state index in [0.29, 0.717) is 36.5 Å². The highest BCUT2D eigenvalue weighted by molar-refractivity contribution is 7.89. The Hall–Kier alpha value is -2.35. The standard InChI is InChI=1S/C20H22N4O2S/c1-16-4-5-19(18-3-2-8-22-20(16)18)27(25,26)24-13-11-23(12-14-24)15-17-6-9-21-10-7-17/h2-10H,11-15H2,1H3. The van der Waals surface area contributed by atoms with Gasteiger partial charge < -0.3 is 0 Å². The summed E-state index contributed by atoms with van der Waals surface area (Å²) in [5, 5.41) is 0.691. The van der Waals surface area contributed by atoms with Crippen LogP contribution in [-0.2, 0) is 16.6 Å². The molecule has 1 aliphatic heterocycles. The number of nitrogens with zero attached hydrogens (tertiary/aromatic N) is 4. The smallest absolute Gasteiger partial charge is 0.243 e. The van der Waals surface area contributed by atoms with E-state index < -0.39 is 10.0 Å². The van der Waals surface area contributed by atoms with E-state index in [1.807, 2.05) is 31.2 Å². The summed E-state index contributed by atoms with van der Waals surface area (Å²) in [7, 11) is -3.55. The van der Waals surface area contributed by atoms with E-state index in [1.165, 1.54) is 5.56 Å². The van der Waals surface area contributed by atoms with Gasteiger partial charge in [0.15, 0.2) is 0 Å². The second-order valence-electron chi connectivity index (χ2n) is 6.82. The number of rotatable bonds is 4. The van der Waals surface area contributed by atoms with Crippen molar-refractivity contribution >= 4 is 20.9 Å². The lowest BCUT2D eigenvalue weighted by Gasteiger charge is -2.34. The number of benzene rings is 1. The fourth-order valence-corrected chi connectivity index (χ4v) is 5.13. The van der Waals surface area contributed by atoms with Crippen LogP contribution in [0.3, 0.4) is 0 Å². The van der Waals surface area contributed by atoms with Gasteiger partial charge in [-0.15, -0.1) is 0 Å². The molecule has 1 aromatic carbocycles. The Kier molecular flexibility index (Phi) is 4.90. The molecular formula is C20H22N4O2S. The number of hydrogen-bond acceptors (Lipinski definition) is 5. The zero-order valence-corrected chi connectivity index (χ0v) is 16.1. The minimum absolute atomic E-state index is 0.346. The molecule has 3 aromatic rings. The van der Waals surface area contributed by atoms with E-state index in [4.69, 9.17) is 0 Å². The van der Waals surface area contributed by atoms with Crippen molar-refractivity contribution in [2.45, 2.75) is 18.4 Å². The molecule has 0 radical (unpaired) electrons. The van der Waals surface area contributed by atoms with Gasteiger partial charge in [0.05, 0.1) is 10.4 Å². The molecular weight excluding hydrogens is 360 g/mol. The van der Waals surface area contributed by atoms with Crippen molar-refractivity contribution in [1.29, 1.82) is 0 Å². The van der Waals surface area contributed by atoms with Crippen LogP contribution in [-0.4, -0.2) is 53.8 Å². The van der Waals surface area contributed by atoms with Gasteiger partial charge in [0.25, 0.3) is 0 Å². The van der Waals surface area contributed by atoms with Crippen LogP contribution in [0.2, 0.25) is 0 Å². The number of sulfonamides is 1. The Labute approximate surface area is 159 Å². The van der Waals surface area contributed by atoms with Crippen molar-refractivity contribution in [2.75, 3.05) is 26.2 Å². The Morgan fingerprint density at radius 3 is 2.44 bits per heavy atom. The Morgan fingerprint density at radius 2 is 1.70 bits per heavy atom. The molecule has 0 amide bonds. The van der Waals surface area contributed by atoms with Crippen molar-refractivity contribution in [2.24, 2.45) is 0 Å². The molecule has 140 valence electrons. The summed E-state index contributed by atoms with van der Waals surface area (Å²) in [5.41, 5.74) is 2.92. The van der Waals surface area contributed by atoms with Crippen LogP contribution in [0.15, 0.2) is 59.9 Å². The van der Waals surface area contributed by atoms with E-state index >= 15 is 0 Å². The summed E-state index contributed by atoms with van der Waals surface area (Å²) in [5.74, 6) is 0. The van der Waals surface area contributed by atoms with Gasteiger partial charge in [-0.25, -0.2) is 8.42 Å². The predicted octanol–water partition coefficient (Wildman–Crippen LogP) is 2.44. The zero-order chi connectivity index (χ0) is 18.9. The van der Waals surface area contributed by atoms with Crippen LogP contribution in [0.4, 0.5) is 0 Å². The van der Waals surface area contributed by atoms with E-state index in [2.05, 4.69) is 14.9 Å². The first-order chi connectivity index (χ1) is 13.1. The third kappa shape index (κ3) is 3.58. The van der Waals surface area contributed by atoms with Crippen LogP contribution in [0.5, 0.6) is 0 Å². The van der Waals surface area contributed by atoms with Crippen molar-refractivity contribution in [1.82, 2.24) is 19.2 Å². The quantitative estimate of drug-likeness (QED) is 0.693. The van der Waals surface area contributed by atoms with E-state index in [-0.39, 0.29) is 0 Å². The molecule has 0 N–H and O–H groups in total. The van der Waals surface area contributed by atoms with Crippen LogP contribution < -0.4 is 0 Å². The Bertz CT molecular complexity index is 1050. The lowest BCUT2D eigenvalue weighted by atomic mass is 10.1. The maximum atomic E-state index is 13.2. The Morgan fingerprint density at radius 1 is 0.963 bits per heavy atom. The number of pyridine rings is 2. The molecule has 2 aromatic heterocycles. The molecule has 6 nitrogen and oxygen atoms in total. The number of aromatic nitrogens is 2. The first-order valence-electron chi connectivity index (χ1n) is 9.01. The highest BCUT2D eigenvalue weighted by Crippen LogP contribution is 2.27. The Balaban J connectivity index is 1.54. The van der Waals surface area contributed by atoms with Crippen molar-refractivity contribution in [3.8, 4) is 0 Å². The van der Waals surface area contributed by atoms with Crippen molar-refractivity contribution < 1.29 is 8.42 Å². The third-order valence-corrected chi connectivity index (χ3v) is 6.99. The monoisotopic (exact) mass is 382 g/mol. The molecule has 7 heteroatoms. The van der Waals surface area contributed by atoms with Gasteiger partial charge in [0.1, 0.15) is 0 Å². The third-order valence-electron chi connectivity index (χ3n) is 5.04. The summed E-state index contributed by atoms with van der Waals surface area (Å²) in [6.07, 6.45) is 5.27. The first kappa shape index (κ1) is 18.0. The molecule has 1 fully saturated rings. The normalized spacial score (nSPS) is 16.6. The average Bonchev–Trinajstić information content (AvgIpc) is 2.69. The molecule has 0 aliphatic carbocycles. The summed E-state index contributed by atoms with van der Waals surface area (Å²) >= 11 is 0. The molecule has 0 spiro atoms. The van der Waals surface area contributed by atoms with Gasteiger partial charge in [0.2, 0.25) is 10.0 Å². The van der Waals surface area contributed by atoms with Gasteiger partial charge in [-0.1, -0.05) is 6.07 Å². The molecule has 27 heavy (non-hydrogen) atoms. The van der Waals surface area contributed by atoms with Crippen LogP contribution in [0.1, 0.15) is 11.1 Å². The van der Waals surface area contributed by atoms with Gasteiger partial charge in [-0.2, -0.15) is 4.31 Å². The largest absolute Gasteiger partial charge is 0.296 e. The van der Waals surface area contributed by atoms with Crippen LogP contribution in [0, 0.1) is 6.92 Å². The van der Waals surface area contributed by atoms with Crippen LogP contribution >= 0.6 is 0 Å². The predicted molar refractivity (Wildman–Crippen MR) is 105 cm³/mol. The molecule has 1 saturated heterocycles. The maximum absolute atomic E-state index is 13.2. The number of fused-ring (bicyclic) bond motifs is 1. The fourth-order valence-electron chi connectivity index (χ4n) is 3.53. The molecule has 0 bridgehead atoms. The lowest BCUT2D eigenvalue weighted by Crippen LogP contribution is -2.48. The van der Waals surface area contributed by atoms with E-state index in [1.54, 1.807) is 35.0 Å². The molecule has 0 atom stereocenters. The minimum Gasteiger partial charge on any atom is -0.296 e. The van der Waals surface area contributed by atoms with E-state index in [0.717, 1.165) is 17.6 Å². The average molecular weight is 382 g/mol. The SMILES string of the molecule is Cc1ccc(S(=O)(=O)N2CCN(Cc3ccncc3)CC2)c2cccnc12. The summed E-state index contributed by atoms with van der Waals surface area (Å²) in [6, 6.07) is 11.2. The number of piperazine rings is 1. The highest BCUT2D eigenvalue weighted by Gasteiger charge is 2.30. The fraction of sp³-hybridized carbons (Fsp3) is 0.300. The second-order valence-corrected chi connectivity index (χ2v) is 8.72. The molecule has 0 unspecified atom stereocenters. The minimum atomic E-state index is -3.55. The molecule has 4 rings (SSSR count). The zero-order valence-electron chi connectivity index (χ0n) is 15.2. The molecule has 1 aliphatic rings.